The van der Waals surface area contributed by atoms with Crippen molar-refractivity contribution in [3.8, 4) is 11.5 Å². The van der Waals surface area contributed by atoms with Crippen LogP contribution in [-0.4, -0.2) is 62.0 Å². The van der Waals surface area contributed by atoms with Crippen molar-refractivity contribution in [2.75, 3.05) is 13.2 Å². The van der Waals surface area contributed by atoms with Gasteiger partial charge in [-0.25, -0.2) is 14.4 Å². The fraction of sp³-hybridized carbons (Fsp3) is 0.655. The van der Waals surface area contributed by atoms with Crippen molar-refractivity contribution in [2.24, 2.45) is 17.6 Å². The van der Waals surface area contributed by atoms with E-state index in [1.54, 1.807) is 33.8 Å². The molecule has 41 heavy (non-hydrogen) atoms. The average Bonchev–Trinajstić information content (AvgIpc) is 2.84. The first kappa shape index (κ1) is 35.5. The topological polar surface area (TPSA) is 159 Å². The van der Waals surface area contributed by atoms with Gasteiger partial charge in [-0.05, 0) is 76.5 Å². The zero-order valence-corrected chi connectivity index (χ0v) is 25.3. The van der Waals surface area contributed by atoms with Crippen LogP contribution >= 0.6 is 0 Å². The van der Waals surface area contributed by atoms with Crippen LogP contribution < -0.4 is 15.2 Å². The summed E-state index contributed by atoms with van der Waals surface area (Å²) >= 11 is 0. The monoisotopic (exact) mass is 583 g/mol. The third-order valence-electron chi connectivity index (χ3n) is 5.56. The molecule has 12 heteroatoms. The van der Waals surface area contributed by atoms with E-state index in [4.69, 9.17) is 38.9 Å². The molecule has 1 aromatic rings. The highest BCUT2D eigenvalue weighted by molar-refractivity contribution is 5.76. The Morgan fingerprint density at radius 1 is 0.683 bits per heavy atom. The summed E-state index contributed by atoms with van der Waals surface area (Å²) in [7, 11) is 0. The predicted molar refractivity (Wildman–Crippen MR) is 149 cm³/mol. The van der Waals surface area contributed by atoms with E-state index < -0.39 is 42.7 Å². The maximum absolute atomic E-state index is 12.6. The average molecular weight is 584 g/mol. The molecule has 0 aliphatic heterocycles. The lowest BCUT2D eigenvalue weighted by Crippen LogP contribution is -2.39. The Labute approximate surface area is 242 Å². The Kier molecular flexibility index (Phi) is 15.6. The molecule has 1 aromatic carbocycles. The van der Waals surface area contributed by atoms with Gasteiger partial charge < -0.3 is 38.9 Å². The molecule has 2 N–H and O–H groups in total. The van der Waals surface area contributed by atoms with E-state index in [0.717, 1.165) is 0 Å². The minimum Gasteiger partial charge on any atom is -0.458 e. The van der Waals surface area contributed by atoms with Crippen molar-refractivity contribution in [2.45, 2.75) is 99.0 Å². The minimum atomic E-state index is -1.11. The van der Waals surface area contributed by atoms with Gasteiger partial charge in [-0.15, -0.1) is 0 Å². The Balaban J connectivity index is 2.91. The van der Waals surface area contributed by atoms with Crippen molar-refractivity contribution in [3.05, 3.63) is 23.8 Å². The van der Waals surface area contributed by atoms with Crippen LogP contribution in [0.1, 0.15) is 73.8 Å². The number of hydrogen-bond donors (Lipinski definition) is 1. The SMILES string of the molecule is CC(C)CCOC(=O)Oc1ccc(C[C@H](N)C(=O)O[C@@H](C)C(C)OC(=O)OC(C)C)cc1OC(=O)OCCC(C)C. The van der Waals surface area contributed by atoms with E-state index in [9.17, 15) is 19.2 Å². The summed E-state index contributed by atoms with van der Waals surface area (Å²) in [6.07, 6.45) is -3.47. The second kappa shape index (κ2) is 18.0. The zero-order valence-electron chi connectivity index (χ0n) is 25.3. The quantitative estimate of drug-likeness (QED) is 0.156. The number of hydrogen-bond acceptors (Lipinski definition) is 12. The predicted octanol–water partition coefficient (Wildman–Crippen LogP) is 5.56. The number of carbonyl (C=O) groups is 4. The Morgan fingerprint density at radius 3 is 1.71 bits per heavy atom. The molecule has 0 radical (unpaired) electrons. The third kappa shape index (κ3) is 15.1. The molecule has 3 atom stereocenters. The normalized spacial score (nSPS) is 13.3. The summed E-state index contributed by atoms with van der Waals surface area (Å²) in [6, 6.07) is 3.25. The largest absolute Gasteiger partial charge is 0.513 e. The fourth-order valence-electron chi connectivity index (χ4n) is 3.01. The summed E-state index contributed by atoms with van der Waals surface area (Å²) in [6.45, 7) is 14.7. The van der Waals surface area contributed by atoms with Gasteiger partial charge in [0, 0.05) is 0 Å². The molecule has 0 fully saturated rings. The summed E-state index contributed by atoms with van der Waals surface area (Å²) in [5.74, 6) is -0.281. The number of carbonyl (C=O) groups excluding carboxylic acids is 4. The molecular weight excluding hydrogens is 538 g/mol. The first-order chi connectivity index (χ1) is 19.2. The summed E-state index contributed by atoms with van der Waals surface area (Å²) in [5.41, 5.74) is 6.55. The van der Waals surface area contributed by atoms with Crippen LogP contribution in [0.5, 0.6) is 11.5 Å². The molecule has 0 saturated heterocycles. The minimum absolute atomic E-state index is 0.00590. The maximum atomic E-state index is 12.6. The third-order valence-corrected chi connectivity index (χ3v) is 5.56. The second-order valence-corrected chi connectivity index (χ2v) is 10.7. The lowest BCUT2D eigenvalue weighted by Gasteiger charge is -2.22. The summed E-state index contributed by atoms with van der Waals surface area (Å²) < 4.78 is 36.1. The van der Waals surface area contributed by atoms with Gasteiger partial charge in [-0.1, -0.05) is 33.8 Å². The molecule has 1 rings (SSSR count). The number of rotatable bonds is 15. The van der Waals surface area contributed by atoms with Crippen molar-refractivity contribution in [3.63, 3.8) is 0 Å². The number of benzene rings is 1. The first-order valence-electron chi connectivity index (χ1n) is 13.8. The van der Waals surface area contributed by atoms with Crippen molar-refractivity contribution in [1.29, 1.82) is 0 Å². The van der Waals surface area contributed by atoms with Crippen molar-refractivity contribution < 1.29 is 52.3 Å². The van der Waals surface area contributed by atoms with Crippen LogP contribution in [0.25, 0.3) is 0 Å². The van der Waals surface area contributed by atoms with Gasteiger partial charge >= 0.3 is 24.4 Å². The van der Waals surface area contributed by atoms with Gasteiger partial charge in [0.1, 0.15) is 18.2 Å². The molecule has 0 heterocycles. The van der Waals surface area contributed by atoms with E-state index in [-0.39, 0.29) is 37.2 Å². The van der Waals surface area contributed by atoms with Crippen molar-refractivity contribution >= 4 is 24.4 Å². The lowest BCUT2D eigenvalue weighted by molar-refractivity contribution is -0.155. The van der Waals surface area contributed by atoms with Crippen LogP contribution in [0, 0.1) is 11.8 Å². The molecule has 1 unspecified atom stereocenters. The van der Waals surface area contributed by atoms with E-state index in [0.29, 0.717) is 30.2 Å². The first-order valence-corrected chi connectivity index (χ1v) is 13.8. The highest BCUT2D eigenvalue weighted by Gasteiger charge is 2.26. The van der Waals surface area contributed by atoms with Gasteiger partial charge in [0.25, 0.3) is 0 Å². The van der Waals surface area contributed by atoms with Crippen molar-refractivity contribution in [1.82, 2.24) is 0 Å². The summed E-state index contributed by atoms with van der Waals surface area (Å²) in [5, 5.41) is 0. The molecule has 0 aliphatic carbocycles. The molecule has 232 valence electrons. The molecule has 0 amide bonds. The van der Waals surface area contributed by atoms with Crippen LogP contribution in [0.3, 0.4) is 0 Å². The van der Waals surface area contributed by atoms with Gasteiger partial charge in [-0.2, -0.15) is 0 Å². The Morgan fingerprint density at radius 2 is 1.20 bits per heavy atom. The standard InChI is InChI=1S/C29H45NO11/c1-17(2)11-13-35-27(32)40-24-10-9-22(16-25(24)41-28(33)36-14-12-18(3)4)15-23(30)26(31)38-20(7)21(8)39-29(34)37-19(5)6/h9-10,16-21,23H,11-15,30H2,1-8H3/t20-,21?,23-/m0/s1. The molecular formula is C29H45NO11. The number of ether oxygens (including phenoxy) is 7. The zero-order chi connectivity index (χ0) is 31.1. The van der Waals surface area contributed by atoms with E-state index in [1.807, 2.05) is 27.7 Å². The van der Waals surface area contributed by atoms with E-state index >= 15 is 0 Å². The highest BCUT2D eigenvalue weighted by atomic mass is 16.8. The molecule has 12 nitrogen and oxygen atoms in total. The second-order valence-electron chi connectivity index (χ2n) is 10.7. The van der Waals surface area contributed by atoms with E-state index in [2.05, 4.69) is 0 Å². The molecule has 0 aliphatic rings. The number of esters is 1. The van der Waals surface area contributed by atoms with Crippen LogP contribution in [0.15, 0.2) is 18.2 Å². The Hall–Kier alpha value is -3.54. The summed E-state index contributed by atoms with van der Waals surface area (Å²) in [4.78, 5) is 48.8. The number of nitrogens with two attached hydrogens (primary N) is 1. The van der Waals surface area contributed by atoms with Gasteiger partial charge in [-0.3, -0.25) is 4.79 Å². The van der Waals surface area contributed by atoms with Crippen LogP contribution in [-0.2, 0) is 34.9 Å². The van der Waals surface area contributed by atoms with Crippen LogP contribution in [0.2, 0.25) is 0 Å². The Bertz CT molecular complexity index is 993. The maximum Gasteiger partial charge on any atom is 0.513 e. The van der Waals surface area contributed by atoms with E-state index in [1.165, 1.54) is 12.1 Å². The van der Waals surface area contributed by atoms with Gasteiger partial charge in [0.05, 0.1) is 19.3 Å². The molecule has 0 bridgehead atoms. The molecule has 0 spiro atoms. The lowest BCUT2D eigenvalue weighted by atomic mass is 10.1. The fourth-order valence-corrected chi connectivity index (χ4v) is 3.01. The van der Waals surface area contributed by atoms with Crippen LogP contribution in [0.4, 0.5) is 14.4 Å². The molecule has 0 aromatic heterocycles. The highest BCUT2D eigenvalue weighted by Crippen LogP contribution is 2.30. The van der Waals surface area contributed by atoms with Gasteiger partial charge in [0.15, 0.2) is 11.5 Å². The smallest absolute Gasteiger partial charge is 0.458 e. The molecule has 0 saturated carbocycles. The van der Waals surface area contributed by atoms with Gasteiger partial charge in [0.2, 0.25) is 0 Å².